The van der Waals surface area contributed by atoms with Crippen LogP contribution in [-0.2, 0) is 4.79 Å². The van der Waals surface area contributed by atoms with Crippen LogP contribution in [0.4, 0.5) is 5.69 Å². The van der Waals surface area contributed by atoms with Gasteiger partial charge in [0.1, 0.15) is 5.75 Å². The number of amides is 1. The van der Waals surface area contributed by atoms with Crippen LogP contribution in [0.15, 0.2) is 48.5 Å². The van der Waals surface area contributed by atoms with E-state index in [9.17, 15) is 9.90 Å². The number of phenols is 1. The first kappa shape index (κ1) is 11.2. The lowest BCUT2D eigenvalue weighted by Crippen LogP contribution is -2.06. The van der Waals surface area contributed by atoms with Crippen molar-refractivity contribution in [2.45, 2.75) is 6.92 Å². The second kappa shape index (κ2) is 4.70. The SMILES string of the molecule is CC(=O)Nc1ccccc1-c1ccc(O)cc1. The predicted molar refractivity (Wildman–Crippen MR) is 67.8 cm³/mol. The average molecular weight is 227 g/mol. The molecule has 0 radical (unpaired) electrons. The molecule has 0 heterocycles. The van der Waals surface area contributed by atoms with Crippen LogP contribution in [0.5, 0.6) is 5.75 Å². The highest BCUT2D eigenvalue weighted by Gasteiger charge is 2.05. The Morgan fingerprint density at radius 1 is 1.06 bits per heavy atom. The lowest BCUT2D eigenvalue weighted by atomic mass is 10.0. The van der Waals surface area contributed by atoms with Crippen LogP contribution < -0.4 is 5.32 Å². The Hall–Kier alpha value is -2.29. The van der Waals surface area contributed by atoms with E-state index in [0.29, 0.717) is 0 Å². The standard InChI is InChI=1S/C14H13NO2/c1-10(16)15-14-5-3-2-4-13(14)11-6-8-12(17)9-7-11/h2-9,17H,1H3,(H,15,16). The lowest BCUT2D eigenvalue weighted by Gasteiger charge is -2.09. The van der Waals surface area contributed by atoms with Crippen molar-refractivity contribution in [3.05, 3.63) is 48.5 Å². The summed E-state index contributed by atoms with van der Waals surface area (Å²) in [5.41, 5.74) is 2.65. The van der Waals surface area contributed by atoms with Gasteiger partial charge in [0.2, 0.25) is 5.91 Å². The molecule has 0 aliphatic carbocycles. The van der Waals surface area contributed by atoms with Gasteiger partial charge in [-0.15, -0.1) is 0 Å². The topological polar surface area (TPSA) is 49.3 Å². The number of hydrogen-bond donors (Lipinski definition) is 2. The van der Waals surface area contributed by atoms with E-state index >= 15 is 0 Å². The Morgan fingerprint density at radius 3 is 2.35 bits per heavy atom. The first-order valence-corrected chi connectivity index (χ1v) is 5.33. The van der Waals surface area contributed by atoms with Crippen LogP contribution in [0.2, 0.25) is 0 Å². The van der Waals surface area contributed by atoms with E-state index < -0.39 is 0 Å². The van der Waals surface area contributed by atoms with Crippen molar-refractivity contribution < 1.29 is 9.90 Å². The van der Waals surface area contributed by atoms with E-state index in [1.807, 2.05) is 36.4 Å². The zero-order valence-electron chi connectivity index (χ0n) is 9.47. The first-order chi connectivity index (χ1) is 8.16. The number of carbonyl (C=O) groups is 1. The van der Waals surface area contributed by atoms with Crippen molar-refractivity contribution in [3.63, 3.8) is 0 Å². The molecule has 0 saturated carbocycles. The van der Waals surface area contributed by atoms with Crippen molar-refractivity contribution in [3.8, 4) is 16.9 Å². The molecule has 0 atom stereocenters. The molecule has 0 bridgehead atoms. The van der Waals surface area contributed by atoms with Crippen molar-refractivity contribution in [1.29, 1.82) is 0 Å². The third-order valence-corrected chi connectivity index (χ3v) is 2.42. The first-order valence-electron chi connectivity index (χ1n) is 5.33. The highest BCUT2D eigenvalue weighted by molar-refractivity contribution is 5.94. The second-order valence-electron chi connectivity index (χ2n) is 3.77. The van der Waals surface area contributed by atoms with Gasteiger partial charge in [-0.2, -0.15) is 0 Å². The molecular formula is C14H13NO2. The Balaban J connectivity index is 2.44. The minimum atomic E-state index is -0.101. The molecule has 0 aliphatic rings. The van der Waals surface area contributed by atoms with Crippen LogP contribution in [-0.4, -0.2) is 11.0 Å². The van der Waals surface area contributed by atoms with E-state index in [0.717, 1.165) is 16.8 Å². The molecule has 2 N–H and O–H groups in total. The zero-order chi connectivity index (χ0) is 12.3. The monoisotopic (exact) mass is 227 g/mol. The summed E-state index contributed by atoms with van der Waals surface area (Å²) in [7, 11) is 0. The minimum absolute atomic E-state index is 0.101. The summed E-state index contributed by atoms with van der Waals surface area (Å²) in [6.45, 7) is 1.48. The maximum absolute atomic E-state index is 11.1. The molecule has 2 aromatic carbocycles. The third-order valence-electron chi connectivity index (χ3n) is 2.42. The molecule has 0 aliphatic heterocycles. The summed E-state index contributed by atoms with van der Waals surface area (Å²) in [6.07, 6.45) is 0. The summed E-state index contributed by atoms with van der Waals surface area (Å²) in [5, 5.41) is 12.0. The summed E-state index contributed by atoms with van der Waals surface area (Å²) < 4.78 is 0. The molecule has 17 heavy (non-hydrogen) atoms. The maximum atomic E-state index is 11.1. The van der Waals surface area contributed by atoms with Gasteiger partial charge in [-0.3, -0.25) is 4.79 Å². The maximum Gasteiger partial charge on any atom is 0.221 e. The molecule has 0 saturated heterocycles. The van der Waals surface area contributed by atoms with Gasteiger partial charge in [-0.1, -0.05) is 30.3 Å². The Bertz CT molecular complexity index is 532. The molecule has 0 unspecified atom stereocenters. The Morgan fingerprint density at radius 2 is 1.71 bits per heavy atom. The van der Waals surface area contributed by atoms with E-state index in [4.69, 9.17) is 0 Å². The fourth-order valence-electron chi connectivity index (χ4n) is 1.67. The number of hydrogen-bond acceptors (Lipinski definition) is 2. The van der Waals surface area contributed by atoms with Crippen molar-refractivity contribution in [2.75, 3.05) is 5.32 Å². The van der Waals surface area contributed by atoms with Gasteiger partial charge < -0.3 is 10.4 Å². The molecule has 2 rings (SSSR count). The molecule has 3 nitrogen and oxygen atoms in total. The third kappa shape index (κ3) is 2.64. The summed E-state index contributed by atoms with van der Waals surface area (Å²) in [4.78, 5) is 11.1. The Kier molecular flexibility index (Phi) is 3.10. The van der Waals surface area contributed by atoms with Gasteiger partial charge in [0, 0.05) is 18.2 Å². The largest absolute Gasteiger partial charge is 0.508 e. The molecule has 0 fully saturated rings. The molecule has 86 valence electrons. The zero-order valence-corrected chi connectivity index (χ0v) is 9.47. The lowest BCUT2D eigenvalue weighted by molar-refractivity contribution is -0.114. The average Bonchev–Trinajstić information content (AvgIpc) is 2.30. The highest BCUT2D eigenvalue weighted by Crippen LogP contribution is 2.28. The second-order valence-corrected chi connectivity index (χ2v) is 3.77. The van der Waals surface area contributed by atoms with Gasteiger partial charge in [0.25, 0.3) is 0 Å². The quantitative estimate of drug-likeness (QED) is 0.828. The highest BCUT2D eigenvalue weighted by atomic mass is 16.3. The number of phenolic OH excluding ortho intramolecular Hbond substituents is 1. The van der Waals surface area contributed by atoms with Crippen LogP contribution in [0, 0.1) is 0 Å². The van der Waals surface area contributed by atoms with E-state index in [2.05, 4.69) is 5.32 Å². The smallest absolute Gasteiger partial charge is 0.221 e. The molecule has 0 aromatic heterocycles. The van der Waals surface area contributed by atoms with Gasteiger partial charge >= 0.3 is 0 Å². The van der Waals surface area contributed by atoms with E-state index in [1.54, 1.807) is 12.1 Å². The molecule has 1 amide bonds. The fraction of sp³-hybridized carbons (Fsp3) is 0.0714. The van der Waals surface area contributed by atoms with Crippen LogP contribution in [0.1, 0.15) is 6.92 Å². The van der Waals surface area contributed by atoms with E-state index in [1.165, 1.54) is 6.92 Å². The Labute approximate surface area is 99.7 Å². The normalized spacial score (nSPS) is 9.94. The molecule has 3 heteroatoms. The van der Waals surface area contributed by atoms with Crippen molar-refractivity contribution in [2.24, 2.45) is 0 Å². The number of anilines is 1. The summed E-state index contributed by atoms with van der Waals surface area (Å²) >= 11 is 0. The van der Waals surface area contributed by atoms with Gasteiger partial charge in [0.15, 0.2) is 0 Å². The molecule has 2 aromatic rings. The van der Waals surface area contributed by atoms with Crippen LogP contribution in [0.25, 0.3) is 11.1 Å². The van der Waals surface area contributed by atoms with E-state index in [-0.39, 0.29) is 11.7 Å². The van der Waals surface area contributed by atoms with Gasteiger partial charge in [-0.05, 0) is 23.8 Å². The van der Waals surface area contributed by atoms with Crippen molar-refractivity contribution >= 4 is 11.6 Å². The van der Waals surface area contributed by atoms with Crippen molar-refractivity contribution in [1.82, 2.24) is 0 Å². The summed E-state index contributed by atoms with van der Waals surface area (Å²) in [6, 6.07) is 14.4. The minimum Gasteiger partial charge on any atom is -0.508 e. The van der Waals surface area contributed by atoms with Crippen LogP contribution in [0.3, 0.4) is 0 Å². The van der Waals surface area contributed by atoms with Crippen LogP contribution >= 0.6 is 0 Å². The van der Waals surface area contributed by atoms with Gasteiger partial charge in [-0.25, -0.2) is 0 Å². The number of rotatable bonds is 2. The molecular weight excluding hydrogens is 214 g/mol. The predicted octanol–water partition coefficient (Wildman–Crippen LogP) is 3.02. The van der Waals surface area contributed by atoms with Gasteiger partial charge in [0.05, 0.1) is 0 Å². The number of benzene rings is 2. The number of aromatic hydroxyl groups is 1. The summed E-state index contributed by atoms with van der Waals surface area (Å²) in [5.74, 6) is 0.127. The fourth-order valence-corrected chi connectivity index (χ4v) is 1.67. The number of para-hydroxylation sites is 1. The number of carbonyl (C=O) groups excluding carboxylic acids is 1. The number of nitrogens with one attached hydrogen (secondary N) is 1. The molecule has 0 spiro atoms.